The number of aromatic nitrogens is 4. The van der Waals surface area contributed by atoms with Crippen molar-refractivity contribution in [3.8, 4) is 34.4 Å². The third kappa shape index (κ3) is 5.75. The lowest BCUT2D eigenvalue weighted by Gasteiger charge is -2.11. The van der Waals surface area contributed by atoms with Crippen LogP contribution in [0.15, 0.2) is 48.8 Å². The van der Waals surface area contributed by atoms with Crippen LogP contribution in [-0.2, 0) is 6.54 Å². The first-order valence-corrected chi connectivity index (χ1v) is 15.0. The predicted octanol–water partition coefficient (Wildman–Crippen LogP) is 6.53. The van der Waals surface area contributed by atoms with Gasteiger partial charge >= 0.3 is 0 Å². The summed E-state index contributed by atoms with van der Waals surface area (Å²) in [5.74, 6) is 11.7. The summed E-state index contributed by atoms with van der Waals surface area (Å²) in [4.78, 5) is 16.2. The van der Waals surface area contributed by atoms with Crippen molar-refractivity contribution in [3.05, 3.63) is 82.7 Å². The summed E-state index contributed by atoms with van der Waals surface area (Å²) < 4.78 is 0. The molecule has 41 heavy (non-hydrogen) atoms. The van der Waals surface area contributed by atoms with E-state index >= 15 is 0 Å². The highest BCUT2D eigenvalue weighted by Crippen LogP contribution is 2.39. The highest BCUT2D eigenvalue weighted by molar-refractivity contribution is 5.64. The van der Waals surface area contributed by atoms with E-state index in [1.54, 1.807) is 0 Å². The van der Waals surface area contributed by atoms with Gasteiger partial charge in [0.1, 0.15) is 11.6 Å². The largest absolute Gasteiger partial charge is 0.341 e. The Morgan fingerprint density at radius 3 is 1.83 bits per heavy atom. The molecule has 4 aromatic rings. The van der Waals surface area contributed by atoms with Gasteiger partial charge in [0.2, 0.25) is 0 Å². The van der Waals surface area contributed by atoms with Gasteiger partial charge in [0, 0.05) is 23.2 Å². The zero-order chi connectivity index (χ0) is 28.8. The summed E-state index contributed by atoms with van der Waals surface area (Å²) in [6.07, 6.45) is 3.86. The number of aryl methyl sites for hydroxylation is 2. The van der Waals surface area contributed by atoms with Crippen LogP contribution in [0, 0.1) is 49.4 Å². The quantitative estimate of drug-likeness (QED) is 0.189. The van der Waals surface area contributed by atoms with Crippen LogP contribution >= 0.6 is 0 Å². The van der Waals surface area contributed by atoms with E-state index in [9.17, 15) is 0 Å². The van der Waals surface area contributed by atoms with Crippen LogP contribution in [-0.4, -0.2) is 32.0 Å². The van der Waals surface area contributed by atoms with Crippen LogP contribution < -0.4 is 10.6 Å². The maximum absolute atomic E-state index is 4.66. The Balaban J connectivity index is 1.10. The fourth-order valence-corrected chi connectivity index (χ4v) is 5.96. The number of nitrogens with zero attached hydrogens (tertiary/aromatic N) is 2. The third-order valence-corrected chi connectivity index (χ3v) is 9.63. The van der Waals surface area contributed by atoms with E-state index in [0.29, 0.717) is 12.1 Å². The Bertz CT molecular complexity index is 1600. The van der Waals surface area contributed by atoms with E-state index in [0.717, 1.165) is 86.6 Å². The van der Waals surface area contributed by atoms with Crippen LogP contribution in [0.5, 0.6) is 0 Å². The van der Waals surface area contributed by atoms with Crippen LogP contribution in [0.4, 0.5) is 0 Å². The summed E-state index contributed by atoms with van der Waals surface area (Å²) in [6, 6.07) is 14.2. The van der Waals surface area contributed by atoms with E-state index in [-0.39, 0.29) is 6.04 Å². The molecule has 0 saturated heterocycles. The van der Waals surface area contributed by atoms with Crippen LogP contribution in [0.1, 0.15) is 74.6 Å². The van der Waals surface area contributed by atoms with Crippen molar-refractivity contribution in [3.63, 3.8) is 0 Å². The van der Waals surface area contributed by atoms with Crippen LogP contribution in [0.2, 0.25) is 0 Å². The fourth-order valence-electron chi connectivity index (χ4n) is 5.96. The second-order valence-corrected chi connectivity index (χ2v) is 12.5. The number of rotatable bonds is 8. The first-order chi connectivity index (χ1) is 19.7. The third-order valence-electron chi connectivity index (χ3n) is 9.63. The molecule has 2 aromatic heterocycles. The average molecular weight is 547 g/mol. The Labute approximate surface area is 244 Å². The highest BCUT2D eigenvalue weighted by atomic mass is 15.1. The van der Waals surface area contributed by atoms with Crippen molar-refractivity contribution in [1.29, 1.82) is 0 Å². The van der Waals surface area contributed by atoms with E-state index in [1.807, 2.05) is 12.4 Å². The molecule has 0 bridgehead atoms. The van der Waals surface area contributed by atoms with E-state index < -0.39 is 0 Å². The molecule has 2 aliphatic rings. The number of benzene rings is 2. The van der Waals surface area contributed by atoms with Gasteiger partial charge in [-0.1, -0.05) is 51.7 Å². The molecule has 6 nitrogen and oxygen atoms in total. The lowest BCUT2D eigenvalue weighted by Crippen LogP contribution is -2.23. The summed E-state index contributed by atoms with van der Waals surface area (Å²) in [7, 11) is 0. The molecule has 2 fully saturated rings. The lowest BCUT2D eigenvalue weighted by molar-refractivity contribution is 0.522. The van der Waals surface area contributed by atoms with Crippen molar-refractivity contribution >= 4 is 0 Å². The molecule has 2 heterocycles. The van der Waals surface area contributed by atoms with Gasteiger partial charge in [-0.2, -0.15) is 0 Å². The monoisotopic (exact) mass is 546 g/mol. The molecule has 2 saturated carbocycles. The Morgan fingerprint density at radius 1 is 0.756 bits per heavy atom. The summed E-state index contributed by atoms with van der Waals surface area (Å²) in [5.41, 5.74) is 8.71. The zero-order valence-corrected chi connectivity index (χ0v) is 25.3. The Morgan fingerprint density at radius 2 is 1.29 bits per heavy atom. The smallest absolute Gasteiger partial charge is 0.123 e. The number of hydrogen-bond acceptors (Lipinski definition) is 4. The maximum atomic E-state index is 4.66. The van der Waals surface area contributed by atoms with Gasteiger partial charge in [0.25, 0.3) is 0 Å². The van der Waals surface area contributed by atoms with Gasteiger partial charge in [0.05, 0.1) is 36.4 Å². The standard InChI is InChI=1S/C35H42N6/c1-19-14-28(30-16-36-32(40-30)18-37-33-21(3)22(33)4)12-10-26(19)8-9-27-11-13-29(15-20(27)2)31-17-38-35(41-31)25(7)39-34-23(5)24(34)6/h10-17,21-25,33-34,37,39H,18H2,1-7H3,(H,36,40)(H,38,41). The maximum Gasteiger partial charge on any atom is 0.123 e. The van der Waals surface area contributed by atoms with Gasteiger partial charge < -0.3 is 20.6 Å². The molecular weight excluding hydrogens is 504 g/mol. The SMILES string of the molecule is Cc1cc(-c2cnc(CNC3C(C)C3C)[nH]2)ccc1C#Cc1ccc(-c2cnc(C(C)NC3C(C)C3C)[nH]2)cc1C. The van der Waals surface area contributed by atoms with Gasteiger partial charge in [-0.3, -0.25) is 0 Å². The highest BCUT2D eigenvalue weighted by Gasteiger charge is 2.43. The van der Waals surface area contributed by atoms with Crippen molar-refractivity contribution in [1.82, 2.24) is 30.6 Å². The van der Waals surface area contributed by atoms with Crippen molar-refractivity contribution in [2.45, 2.75) is 73.1 Å². The molecule has 2 aliphatic carbocycles. The molecule has 5 unspecified atom stereocenters. The minimum Gasteiger partial charge on any atom is -0.341 e. The molecule has 212 valence electrons. The number of imidazole rings is 2. The predicted molar refractivity (Wildman–Crippen MR) is 166 cm³/mol. The number of nitrogens with one attached hydrogen (secondary N) is 4. The van der Waals surface area contributed by atoms with Gasteiger partial charge in [-0.05, 0) is 91.0 Å². The molecule has 0 aliphatic heterocycles. The minimum absolute atomic E-state index is 0.203. The normalized spacial score (nSPS) is 25.4. The Kier molecular flexibility index (Phi) is 7.36. The molecule has 0 amide bonds. The summed E-state index contributed by atoms with van der Waals surface area (Å²) >= 11 is 0. The van der Waals surface area contributed by atoms with E-state index in [4.69, 9.17) is 0 Å². The molecule has 6 rings (SSSR count). The average Bonchev–Trinajstić information content (AvgIpc) is 3.49. The second-order valence-electron chi connectivity index (χ2n) is 12.5. The molecular formula is C35H42N6. The van der Waals surface area contributed by atoms with Crippen molar-refractivity contribution in [2.75, 3.05) is 0 Å². The van der Waals surface area contributed by atoms with Crippen LogP contribution in [0.25, 0.3) is 22.5 Å². The first kappa shape index (κ1) is 27.5. The zero-order valence-electron chi connectivity index (χ0n) is 25.3. The topological polar surface area (TPSA) is 81.4 Å². The number of hydrogen-bond donors (Lipinski definition) is 4. The van der Waals surface area contributed by atoms with Gasteiger partial charge in [-0.15, -0.1) is 0 Å². The van der Waals surface area contributed by atoms with E-state index in [1.165, 1.54) is 0 Å². The number of aromatic amines is 2. The number of H-pyrrole nitrogens is 2. The molecule has 0 radical (unpaired) electrons. The van der Waals surface area contributed by atoms with Crippen LogP contribution in [0.3, 0.4) is 0 Å². The Hall–Kier alpha value is -3.66. The van der Waals surface area contributed by atoms with Gasteiger partial charge in [0.15, 0.2) is 0 Å². The molecule has 0 spiro atoms. The minimum atomic E-state index is 0.203. The molecule has 6 heteroatoms. The second kappa shape index (κ2) is 11.0. The van der Waals surface area contributed by atoms with Gasteiger partial charge in [-0.25, -0.2) is 9.97 Å². The van der Waals surface area contributed by atoms with Crippen molar-refractivity contribution in [2.24, 2.45) is 23.7 Å². The lowest BCUT2D eigenvalue weighted by atomic mass is 10.0. The molecule has 5 atom stereocenters. The van der Waals surface area contributed by atoms with Crippen molar-refractivity contribution < 1.29 is 0 Å². The summed E-state index contributed by atoms with van der Waals surface area (Å²) in [6.45, 7) is 16.4. The fraction of sp³-hybridized carbons (Fsp3) is 0.429. The molecule has 2 aromatic carbocycles. The first-order valence-electron chi connectivity index (χ1n) is 15.0. The van der Waals surface area contributed by atoms with E-state index in [2.05, 4.69) is 127 Å². The summed E-state index contributed by atoms with van der Waals surface area (Å²) in [5, 5.41) is 7.30. The molecule has 4 N–H and O–H groups in total.